The van der Waals surface area contributed by atoms with E-state index in [1.165, 1.54) is 5.56 Å². The number of nitrogens with one attached hydrogen (secondary N) is 1. The third-order valence-corrected chi connectivity index (χ3v) is 3.04. The van der Waals surface area contributed by atoms with E-state index in [0.717, 1.165) is 17.8 Å². The zero-order valence-corrected chi connectivity index (χ0v) is 12.1. The van der Waals surface area contributed by atoms with Gasteiger partial charge in [-0.05, 0) is 24.0 Å². The fourth-order valence-corrected chi connectivity index (χ4v) is 1.90. The summed E-state index contributed by atoms with van der Waals surface area (Å²) < 4.78 is 0. The van der Waals surface area contributed by atoms with Gasteiger partial charge in [0, 0.05) is 18.3 Å². The maximum atomic E-state index is 4.50. The Balaban J connectivity index is 2.29. The second-order valence-electron chi connectivity index (χ2n) is 5.62. The predicted molar refractivity (Wildman–Crippen MR) is 80.3 cm³/mol. The van der Waals surface area contributed by atoms with Crippen LogP contribution >= 0.6 is 0 Å². The average molecular weight is 255 g/mol. The molecule has 1 heterocycles. The summed E-state index contributed by atoms with van der Waals surface area (Å²) in [7, 11) is 0. The van der Waals surface area contributed by atoms with Gasteiger partial charge in [0.1, 0.15) is 0 Å². The third-order valence-electron chi connectivity index (χ3n) is 3.04. The monoisotopic (exact) mass is 255 g/mol. The lowest BCUT2D eigenvalue weighted by atomic mass is 9.86. The van der Waals surface area contributed by atoms with Crippen LogP contribution in [-0.4, -0.2) is 16.5 Å². The van der Waals surface area contributed by atoms with Crippen LogP contribution in [0.5, 0.6) is 0 Å². The van der Waals surface area contributed by atoms with Gasteiger partial charge in [0.05, 0.1) is 5.69 Å². The Morgan fingerprint density at radius 3 is 2.32 bits per heavy atom. The van der Waals surface area contributed by atoms with E-state index in [0.29, 0.717) is 5.95 Å². The molecular formula is C16H21N3. The van der Waals surface area contributed by atoms with E-state index in [1.807, 2.05) is 13.0 Å². The number of hydrogen-bond donors (Lipinski definition) is 1. The molecule has 3 heteroatoms. The van der Waals surface area contributed by atoms with Gasteiger partial charge in [-0.25, -0.2) is 9.97 Å². The molecule has 1 N–H and O–H groups in total. The molecule has 0 saturated carbocycles. The number of anilines is 1. The minimum Gasteiger partial charge on any atom is -0.354 e. The van der Waals surface area contributed by atoms with E-state index in [-0.39, 0.29) is 5.41 Å². The van der Waals surface area contributed by atoms with E-state index >= 15 is 0 Å². The van der Waals surface area contributed by atoms with Crippen molar-refractivity contribution >= 4 is 5.95 Å². The van der Waals surface area contributed by atoms with E-state index in [4.69, 9.17) is 0 Å². The SMILES string of the molecule is CCNc1nccc(-c2ccc(C(C)(C)C)cc2)n1. The van der Waals surface area contributed by atoms with Gasteiger partial charge in [-0.3, -0.25) is 0 Å². The van der Waals surface area contributed by atoms with Crippen LogP contribution in [-0.2, 0) is 5.41 Å². The predicted octanol–water partition coefficient (Wildman–Crippen LogP) is 3.87. The van der Waals surface area contributed by atoms with Gasteiger partial charge in [0.25, 0.3) is 0 Å². The average Bonchev–Trinajstić information content (AvgIpc) is 2.39. The molecule has 0 amide bonds. The van der Waals surface area contributed by atoms with Crippen LogP contribution in [0.3, 0.4) is 0 Å². The molecule has 0 aliphatic rings. The number of nitrogens with zero attached hydrogens (tertiary/aromatic N) is 2. The van der Waals surface area contributed by atoms with Crippen LogP contribution in [0.2, 0.25) is 0 Å². The zero-order valence-electron chi connectivity index (χ0n) is 12.1. The number of rotatable bonds is 3. The first kappa shape index (κ1) is 13.5. The molecule has 0 bridgehead atoms. The largest absolute Gasteiger partial charge is 0.354 e. The molecule has 0 radical (unpaired) electrons. The van der Waals surface area contributed by atoms with Crippen LogP contribution in [0.4, 0.5) is 5.95 Å². The van der Waals surface area contributed by atoms with E-state index < -0.39 is 0 Å². The molecule has 0 spiro atoms. The summed E-state index contributed by atoms with van der Waals surface area (Å²) in [5.41, 5.74) is 3.58. The van der Waals surface area contributed by atoms with Gasteiger partial charge in [-0.15, -0.1) is 0 Å². The third kappa shape index (κ3) is 3.31. The Bertz CT molecular complexity index is 539. The Hall–Kier alpha value is -1.90. The molecule has 2 aromatic rings. The maximum absolute atomic E-state index is 4.50. The highest BCUT2D eigenvalue weighted by atomic mass is 15.1. The minimum absolute atomic E-state index is 0.180. The van der Waals surface area contributed by atoms with Gasteiger partial charge in [-0.2, -0.15) is 0 Å². The summed E-state index contributed by atoms with van der Waals surface area (Å²) in [5.74, 6) is 0.680. The van der Waals surface area contributed by atoms with Gasteiger partial charge in [0.2, 0.25) is 5.95 Å². The molecule has 100 valence electrons. The summed E-state index contributed by atoms with van der Waals surface area (Å²) >= 11 is 0. The molecular weight excluding hydrogens is 234 g/mol. The molecule has 0 unspecified atom stereocenters. The minimum atomic E-state index is 0.180. The topological polar surface area (TPSA) is 37.8 Å². The van der Waals surface area contributed by atoms with Gasteiger partial charge < -0.3 is 5.32 Å². The van der Waals surface area contributed by atoms with Gasteiger partial charge >= 0.3 is 0 Å². The first-order chi connectivity index (χ1) is 9.00. The van der Waals surface area contributed by atoms with Crippen molar-refractivity contribution in [1.82, 2.24) is 9.97 Å². The van der Waals surface area contributed by atoms with Gasteiger partial charge in [0.15, 0.2) is 0 Å². The van der Waals surface area contributed by atoms with Crippen molar-refractivity contribution in [2.45, 2.75) is 33.1 Å². The van der Waals surface area contributed by atoms with Crippen molar-refractivity contribution in [3.8, 4) is 11.3 Å². The van der Waals surface area contributed by atoms with Crippen LogP contribution in [0, 0.1) is 0 Å². The van der Waals surface area contributed by atoms with Crippen LogP contribution in [0.15, 0.2) is 36.5 Å². The quantitative estimate of drug-likeness (QED) is 0.904. The summed E-state index contributed by atoms with van der Waals surface area (Å²) in [6.45, 7) is 9.52. The lowest BCUT2D eigenvalue weighted by Gasteiger charge is -2.19. The summed E-state index contributed by atoms with van der Waals surface area (Å²) in [6.07, 6.45) is 1.79. The Kier molecular flexibility index (Phi) is 3.84. The Labute approximate surface area is 115 Å². The highest BCUT2D eigenvalue weighted by molar-refractivity contribution is 5.60. The van der Waals surface area contributed by atoms with Crippen molar-refractivity contribution in [1.29, 1.82) is 0 Å². The maximum Gasteiger partial charge on any atom is 0.223 e. The van der Waals surface area contributed by atoms with Crippen molar-refractivity contribution in [2.24, 2.45) is 0 Å². The van der Waals surface area contributed by atoms with Crippen molar-refractivity contribution < 1.29 is 0 Å². The highest BCUT2D eigenvalue weighted by Crippen LogP contribution is 2.25. The molecule has 0 atom stereocenters. The number of benzene rings is 1. The lowest BCUT2D eigenvalue weighted by Crippen LogP contribution is -2.10. The lowest BCUT2D eigenvalue weighted by molar-refractivity contribution is 0.590. The fourth-order valence-electron chi connectivity index (χ4n) is 1.90. The smallest absolute Gasteiger partial charge is 0.223 e. The van der Waals surface area contributed by atoms with E-state index in [1.54, 1.807) is 6.20 Å². The molecule has 19 heavy (non-hydrogen) atoms. The second kappa shape index (κ2) is 5.39. The normalized spacial score (nSPS) is 11.4. The highest BCUT2D eigenvalue weighted by Gasteiger charge is 2.13. The van der Waals surface area contributed by atoms with Gasteiger partial charge in [-0.1, -0.05) is 45.0 Å². The zero-order chi connectivity index (χ0) is 13.9. The molecule has 0 aliphatic carbocycles. The van der Waals surface area contributed by atoms with E-state index in [2.05, 4.69) is 60.3 Å². The summed E-state index contributed by atoms with van der Waals surface area (Å²) in [4.78, 5) is 8.69. The second-order valence-corrected chi connectivity index (χ2v) is 5.62. The van der Waals surface area contributed by atoms with Crippen molar-refractivity contribution in [2.75, 3.05) is 11.9 Å². The summed E-state index contributed by atoms with van der Waals surface area (Å²) in [6, 6.07) is 10.5. The van der Waals surface area contributed by atoms with Crippen molar-refractivity contribution in [3.63, 3.8) is 0 Å². The molecule has 2 rings (SSSR count). The van der Waals surface area contributed by atoms with Crippen molar-refractivity contribution in [3.05, 3.63) is 42.1 Å². The molecule has 1 aromatic carbocycles. The molecule has 1 aromatic heterocycles. The Morgan fingerprint density at radius 1 is 1.05 bits per heavy atom. The standard InChI is InChI=1S/C16H21N3/c1-5-17-15-18-11-10-14(19-15)12-6-8-13(9-7-12)16(2,3)4/h6-11H,5H2,1-4H3,(H,17,18,19). The molecule has 0 saturated heterocycles. The first-order valence-corrected chi connectivity index (χ1v) is 6.68. The summed E-state index contributed by atoms with van der Waals surface area (Å²) in [5, 5.41) is 3.13. The first-order valence-electron chi connectivity index (χ1n) is 6.68. The number of hydrogen-bond acceptors (Lipinski definition) is 3. The Morgan fingerprint density at radius 2 is 1.74 bits per heavy atom. The van der Waals surface area contributed by atoms with E-state index in [9.17, 15) is 0 Å². The van der Waals surface area contributed by atoms with Crippen LogP contribution in [0.25, 0.3) is 11.3 Å². The molecule has 0 fully saturated rings. The number of aromatic nitrogens is 2. The van der Waals surface area contributed by atoms with Crippen LogP contribution in [0.1, 0.15) is 33.3 Å². The van der Waals surface area contributed by atoms with Crippen LogP contribution < -0.4 is 5.32 Å². The molecule has 0 aliphatic heterocycles. The fraction of sp³-hybridized carbons (Fsp3) is 0.375. The molecule has 3 nitrogen and oxygen atoms in total.